The molecule has 0 aliphatic rings. The molecule has 26 heavy (non-hydrogen) atoms. The van der Waals surface area contributed by atoms with Gasteiger partial charge in [-0.25, -0.2) is 9.98 Å². The topological polar surface area (TPSA) is 76.8 Å². The second-order valence-corrected chi connectivity index (χ2v) is 5.93. The van der Waals surface area contributed by atoms with Gasteiger partial charge < -0.3 is 19.7 Å². The van der Waals surface area contributed by atoms with Gasteiger partial charge in [0.05, 0.1) is 20.2 Å². The molecule has 0 aliphatic heterocycles. The van der Waals surface area contributed by atoms with Crippen LogP contribution in [0.2, 0.25) is 0 Å². The van der Waals surface area contributed by atoms with E-state index in [0.29, 0.717) is 13.1 Å². The molecule has 1 aromatic carbocycles. The molecular weight excluding hydrogens is 332 g/mol. The van der Waals surface area contributed by atoms with Gasteiger partial charge >= 0.3 is 0 Å². The normalized spacial score (nSPS) is 12.6. The van der Waals surface area contributed by atoms with Crippen molar-refractivity contribution in [2.24, 2.45) is 12.0 Å². The lowest BCUT2D eigenvalue weighted by Crippen LogP contribution is -2.39. The molecule has 0 radical (unpaired) electrons. The van der Waals surface area contributed by atoms with Crippen molar-refractivity contribution in [2.45, 2.75) is 26.5 Å². The van der Waals surface area contributed by atoms with Crippen LogP contribution in [0.3, 0.4) is 0 Å². The Morgan fingerprint density at radius 1 is 1.35 bits per heavy atom. The maximum absolute atomic E-state index is 5.96. The summed E-state index contributed by atoms with van der Waals surface area (Å²) in [5, 5.41) is 7.39. The number of aliphatic imine (C=N–C) groups is 1. The van der Waals surface area contributed by atoms with Crippen LogP contribution in [0.1, 0.15) is 19.7 Å². The van der Waals surface area contributed by atoms with E-state index in [1.807, 2.05) is 57.1 Å². The molecule has 2 rings (SSSR count). The number of hydrogen-bond acceptors (Lipinski definition) is 5. The van der Waals surface area contributed by atoms with Crippen LogP contribution >= 0.6 is 0 Å². The van der Waals surface area contributed by atoms with Gasteiger partial charge in [0.25, 0.3) is 0 Å². The van der Waals surface area contributed by atoms with E-state index in [4.69, 9.17) is 9.47 Å². The summed E-state index contributed by atoms with van der Waals surface area (Å²) in [6, 6.07) is 7.61. The molecule has 1 unspecified atom stereocenters. The number of nitrogens with zero attached hydrogens (tertiary/aromatic N) is 5. The molecule has 0 saturated heterocycles. The Labute approximate surface area is 154 Å². The summed E-state index contributed by atoms with van der Waals surface area (Å²) in [5.74, 6) is 3.10. The number of guanidine groups is 1. The highest BCUT2D eigenvalue weighted by Crippen LogP contribution is 2.26. The highest BCUT2D eigenvalue weighted by Gasteiger charge is 2.12. The number of rotatable bonds is 8. The quantitative estimate of drug-likeness (QED) is 0.570. The van der Waals surface area contributed by atoms with E-state index in [1.54, 1.807) is 18.1 Å². The first-order valence-corrected chi connectivity index (χ1v) is 8.67. The predicted molar refractivity (Wildman–Crippen MR) is 102 cm³/mol. The highest BCUT2D eigenvalue weighted by molar-refractivity contribution is 5.79. The summed E-state index contributed by atoms with van der Waals surface area (Å²) in [6.07, 6.45) is 1.46. The van der Waals surface area contributed by atoms with E-state index in [2.05, 4.69) is 20.4 Å². The van der Waals surface area contributed by atoms with Gasteiger partial charge in [-0.3, -0.25) is 4.68 Å². The summed E-state index contributed by atoms with van der Waals surface area (Å²) in [6.45, 7) is 5.94. The van der Waals surface area contributed by atoms with Gasteiger partial charge in [-0.05, 0) is 26.0 Å². The van der Waals surface area contributed by atoms with E-state index >= 15 is 0 Å². The molecular formula is C18H28N6O2. The maximum Gasteiger partial charge on any atom is 0.194 e. The van der Waals surface area contributed by atoms with Crippen molar-refractivity contribution in [3.05, 3.63) is 36.4 Å². The van der Waals surface area contributed by atoms with Crippen molar-refractivity contribution < 1.29 is 9.47 Å². The minimum absolute atomic E-state index is 0.0943. The van der Waals surface area contributed by atoms with Crippen LogP contribution in [0.5, 0.6) is 11.5 Å². The Morgan fingerprint density at radius 3 is 2.69 bits per heavy atom. The van der Waals surface area contributed by atoms with Crippen molar-refractivity contribution in [3.63, 3.8) is 0 Å². The summed E-state index contributed by atoms with van der Waals surface area (Å²) < 4.78 is 13.0. The molecule has 2 aromatic rings. The van der Waals surface area contributed by atoms with Crippen molar-refractivity contribution in [1.82, 2.24) is 25.0 Å². The van der Waals surface area contributed by atoms with Gasteiger partial charge in [0, 0.05) is 20.6 Å². The molecule has 8 nitrogen and oxygen atoms in total. The fourth-order valence-electron chi connectivity index (χ4n) is 2.41. The molecule has 1 aromatic heterocycles. The van der Waals surface area contributed by atoms with E-state index in [1.165, 1.54) is 0 Å². The van der Waals surface area contributed by atoms with Crippen LogP contribution in [0.15, 0.2) is 35.6 Å². The number of benzene rings is 1. The summed E-state index contributed by atoms with van der Waals surface area (Å²) in [4.78, 5) is 11.0. The average Bonchev–Trinajstić information content (AvgIpc) is 3.03. The smallest absolute Gasteiger partial charge is 0.194 e. The average molecular weight is 360 g/mol. The number of aromatic nitrogens is 3. The minimum Gasteiger partial charge on any atom is -0.493 e. The van der Waals surface area contributed by atoms with Crippen LogP contribution in [-0.2, 0) is 13.6 Å². The third kappa shape index (κ3) is 5.37. The van der Waals surface area contributed by atoms with Crippen molar-refractivity contribution >= 4 is 5.96 Å². The lowest BCUT2D eigenvalue weighted by Gasteiger charge is -2.22. The molecule has 0 spiro atoms. The van der Waals surface area contributed by atoms with E-state index in [-0.39, 0.29) is 6.10 Å². The van der Waals surface area contributed by atoms with Gasteiger partial charge in [-0.1, -0.05) is 12.1 Å². The standard InChI is InChI=1S/C18H28N6O2/c1-6-19-18(23(3)12-17-21-13-22-24(17)4)20-11-14(2)26-16-10-8-7-9-15(16)25-5/h7-10,13-14H,6,11-12H2,1-5H3,(H,19,20). The van der Waals surface area contributed by atoms with E-state index in [0.717, 1.165) is 29.8 Å². The molecule has 142 valence electrons. The predicted octanol–water partition coefficient (Wildman–Crippen LogP) is 1.69. The van der Waals surface area contributed by atoms with E-state index < -0.39 is 0 Å². The van der Waals surface area contributed by atoms with Gasteiger partial charge in [0.2, 0.25) is 0 Å². The SMILES string of the molecule is CCNC(=NCC(C)Oc1ccccc1OC)N(C)Cc1ncnn1C. The van der Waals surface area contributed by atoms with Gasteiger partial charge in [-0.15, -0.1) is 0 Å². The first kappa shape index (κ1) is 19.6. The number of hydrogen-bond donors (Lipinski definition) is 1. The third-order valence-corrected chi connectivity index (χ3v) is 3.78. The maximum atomic E-state index is 5.96. The number of nitrogens with one attached hydrogen (secondary N) is 1. The van der Waals surface area contributed by atoms with Crippen molar-refractivity contribution in [3.8, 4) is 11.5 Å². The monoisotopic (exact) mass is 360 g/mol. The summed E-state index contributed by atoms with van der Waals surface area (Å²) in [5.41, 5.74) is 0. The third-order valence-electron chi connectivity index (χ3n) is 3.78. The summed E-state index contributed by atoms with van der Waals surface area (Å²) in [7, 11) is 5.49. The van der Waals surface area contributed by atoms with Crippen LogP contribution < -0.4 is 14.8 Å². The molecule has 8 heteroatoms. The minimum atomic E-state index is -0.0943. The molecule has 0 aliphatic carbocycles. The largest absolute Gasteiger partial charge is 0.493 e. The first-order chi connectivity index (χ1) is 12.5. The van der Waals surface area contributed by atoms with Gasteiger partial charge in [0.15, 0.2) is 17.5 Å². The van der Waals surface area contributed by atoms with Crippen LogP contribution in [-0.4, -0.2) is 59.0 Å². The Balaban J connectivity index is 1.99. The fourth-order valence-corrected chi connectivity index (χ4v) is 2.41. The van der Waals surface area contributed by atoms with Crippen LogP contribution in [0.4, 0.5) is 0 Å². The zero-order chi connectivity index (χ0) is 18.9. The zero-order valence-electron chi connectivity index (χ0n) is 16.1. The Morgan fingerprint density at radius 2 is 2.08 bits per heavy atom. The van der Waals surface area contributed by atoms with Crippen LogP contribution in [0.25, 0.3) is 0 Å². The molecule has 0 amide bonds. The molecule has 1 N–H and O–H groups in total. The zero-order valence-corrected chi connectivity index (χ0v) is 16.1. The number of methoxy groups -OCH3 is 1. The second-order valence-electron chi connectivity index (χ2n) is 5.93. The Kier molecular flexibility index (Phi) is 7.25. The number of para-hydroxylation sites is 2. The Bertz CT molecular complexity index is 715. The van der Waals surface area contributed by atoms with Crippen molar-refractivity contribution in [1.29, 1.82) is 0 Å². The molecule has 0 fully saturated rings. The Hall–Kier alpha value is -2.77. The molecule has 0 bridgehead atoms. The summed E-state index contributed by atoms with van der Waals surface area (Å²) >= 11 is 0. The van der Waals surface area contributed by atoms with E-state index in [9.17, 15) is 0 Å². The molecule has 0 saturated carbocycles. The second kappa shape index (κ2) is 9.65. The van der Waals surface area contributed by atoms with Crippen molar-refractivity contribution in [2.75, 3.05) is 27.2 Å². The van der Waals surface area contributed by atoms with Gasteiger partial charge in [0.1, 0.15) is 18.3 Å². The van der Waals surface area contributed by atoms with Crippen LogP contribution in [0, 0.1) is 0 Å². The highest BCUT2D eigenvalue weighted by atomic mass is 16.5. The lowest BCUT2D eigenvalue weighted by atomic mass is 10.3. The number of ether oxygens (including phenoxy) is 2. The first-order valence-electron chi connectivity index (χ1n) is 8.67. The lowest BCUT2D eigenvalue weighted by molar-refractivity contribution is 0.219. The molecule has 1 heterocycles. The number of aryl methyl sites for hydroxylation is 1. The molecule has 1 atom stereocenters. The van der Waals surface area contributed by atoms with Gasteiger partial charge in [-0.2, -0.15) is 5.10 Å². The fraction of sp³-hybridized carbons (Fsp3) is 0.500.